The molecule has 1 fully saturated rings. The maximum Gasteiger partial charge on any atom is 0.227 e. The topological polar surface area (TPSA) is 130 Å². The minimum Gasteiger partial charge on any atom is -0.493 e. The van der Waals surface area contributed by atoms with Crippen LogP contribution in [0.25, 0.3) is 22.6 Å². The number of nitrogens with two attached hydrogens (primary N) is 1. The minimum atomic E-state index is -0.0683. The molecule has 1 aliphatic carbocycles. The number of imidazole rings is 1. The standard InChI is InChI=1S/C25H27N7O3/c1-34-19-8-5-17(13-20(19)35-2)29-25(33)16-3-6-18(7-4-16)32-14-28-21-22(26)30-23(31-24(21)32)15-9-11-27-12-10-15/h5,8-14,16,18H,3-4,6-7H2,1-2H3,(H,29,33)(H2,26,30,31). The Kier molecular flexibility index (Phi) is 6.17. The molecule has 180 valence electrons. The van der Waals surface area contributed by atoms with Gasteiger partial charge in [-0.05, 0) is 49.9 Å². The van der Waals surface area contributed by atoms with Crippen LogP contribution in [0.3, 0.4) is 0 Å². The smallest absolute Gasteiger partial charge is 0.227 e. The van der Waals surface area contributed by atoms with Crippen LogP contribution >= 0.6 is 0 Å². The van der Waals surface area contributed by atoms with Crippen molar-refractivity contribution in [3.05, 3.63) is 49.1 Å². The quantitative estimate of drug-likeness (QED) is 0.432. The summed E-state index contributed by atoms with van der Waals surface area (Å²) in [5.74, 6) is 2.04. The van der Waals surface area contributed by atoms with Gasteiger partial charge in [0.25, 0.3) is 0 Å². The zero-order valence-electron chi connectivity index (χ0n) is 19.6. The highest BCUT2D eigenvalue weighted by atomic mass is 16.5. The number of nitrogen functional groups attached to an aromatic ring is 1. The number of rotatable bonds is 6. The molecule has 3 heterocycles. The fraction of sp³-hybridized carbons (Fsp3) is 0.320. The minimum absolute atomic E-state index is 0.0118. The Morgan fingerprint density at radius 3 is 2.49 bits per heavy atom. The molecule has 0 atom stereocenters. The monoisotopic (exact) mass is 473 g/mol. The zero-order chi connectivity index (χ0) is 24.4. The van der Waals surface area contributed by atoms with Crippen molar-refractivity contribution in [2.45, 2.75) is 31.7 Å². The molecule has 1 aromatic carbocycles. The first-order chi connectivity index (χ1) is 17.1. The summed E-state index contributed by atoms with van der Waals surface area (Å²) in [4.78, 5) is 30.6. The number of nitrogens with zero attached hydrogens (tertiary/aromatic N) is 5. The van der Waals surface area contributed by atoms with Crippen LogP contribution in [-0.2, 0) is 4.79 Å². The number of anilines is 2. The Hall–Kier alpha value is -4.21. The number of nitrogens with one attached hydrogen (secondary N) is 1. The van der Waals surface area contributed by atoms with E-state index in [1.807, 2.05) is 18.2 Å². The van der Waals surface area contributed by atoms with Crippen LogP contribution in [0.15, 0.2) is 49.1 Å². The van der Waals surface area contributed by atoms with E-state index in [1.165, 1.54) is 0 Å². The molecule has 0 radical (unpaired) electrons. The Labute approximate surface area is 202 Å². The Bertz CT molecular complexity index is 1350. The van der Waals surface area contributed by atoms with Gasteiger partial charge in [-0.25, -0.2) is 15.0 Å². The van der Waals surface area contributed by atoms with E-state index in [9.17, 15) is 4.79 Å². The van der Waals surface area contributed by atoms with Gasteiger partial charge in [-0.15, -0.1) is 0 Å². The van der Waals surface area contributed by atoms with Gasteiger partial charge < -0.3 is 25.1 Å². The molecule has 3 N–H and O–H groups in total. The summed E-state index contributed by atoms with van der Waals surface area (Å²) >= 11 is 0. The van der Waals surface area contributed by atoms with Crippen molar-refractivity contribution in [2.75, 3.05) is 25.3 Å². The molecular formula is C25H27N7O3. The molecule has 0 bridgehead atoms. The van der Waals surface area contributed by atoms with Crippen molar-refractivity contribution >= 4 is 28.6 Å². The van der Waals surface area contributed by atoms with E-state index in [0.717, 1.165) is 31.2 Å². The lowest BCUT2D eigenvalue weighted by Gasteiger charge is -2.28. The summed E-state index contributed by atoms with van der Waals surface area (Å²) < 4.78 is 12.7. The molecule has 0 aliphatic heterocycles. The molecule has 3 aromatic heterocycles. The average Bonchev–Trinajstić information content (AvgIpc) is 3.34. The highest BCUT2D eigenvalue weighted by molar-refractivity contribution is 5.93. The average molecular weight is 474 g/mol. The van der Waals surface area contributed by atoms with Crippen molar-refractivity contribution in [2.24, 2.45) is 5.92 Å². The van der Waals surface area contributed by atoms with Crippen LogP contribution in [0.1, 0.15) is 31.7 Å². The number of benzene rings is 1. The maximum absolute atomic E-state index is 12.9. The van der Waals surface area contributed by atoms with E-state index in [0.29, 0.717) is 40.0 Å². The summed E-state index contributed by atoms with van der Waals surface area (Å²) in [6, 6.07) is 9.25. The van der Waals surface area contributed by atoms with Crippen molar-refractivity contribution in [3.63, 3.8) is 0 Å². The van der Waals surface area contributed by atoms with Gasteiger partial charge in [-0.2, -0.15) is 0 Å². The SMILES string of the molecule is COc1ccc(NC(=O)C2CCC(n3cnc4c(N)nc(-c5ccncc5)nc43)CC2)cc1OC. The zero-order valence-corrected chi connectivity index (χ0v) is 19.6. The summed E-state index contributed by atoms with van der Waals surface area (Å²) in [5, 5.41) is 3.01. The molecule has 10 heteroatoms. The van der Waals surface area contributed by atoms with E-state index in [4.69, 9.17) is 20.2 Å². The van der Waals surface area contributed by atoms with Crippen LogP contribution in [-0.4, -0.2) is 44.6 Å². The van der Waals surface area contributed by atoms with Crippen LogP contribution in [0.4, 0.5) is 11.5 Å². The lowest BCUT2D eigenvalue weighted by Crippen LogP contribution is -2.28. The van der Waals surface area contributed by atoms with E-state index in [1.54, 1.807) is 45.1 Å². The molecule has 1 aliphatic rings. The Morgan fingerprint density at radius 2 is 1.77 bits per heavy atom. The van der Waals surface area contributed by atoms with Gasteiger partial charge >= 0.3 is 0 Å². The lowest BCUT2D eigenvalue weighted by atomic mass is 9.85. The molecular weight excluding hydrogens is 446 g/mol. The highest BCUT2D eigenvalue weighted by Gasteiger charge is 2.29. The summed E-state index contributed by atoms with van der Waals surface area (Å²) in [7, 11) is 3.15. The molecule has 35 heavy (non-hydrogen) atoms. The molecule has 10 nitrogen and oxygen atoms in total. The number of fused-ring (bicyclic) bond motifs is 1. The predicted molar refractivity (Wildman–Crippen MR) is 132 cm³/mol. The van der Waals surface area contributed by atoms with Gasteiger partial charge in [0.15, 0.2) is 28.8 Å². The van der Waals surface area contributed by atoms with Gasteiger partial charge in [0.05, 0.1) is 20.5 Å². The largest absolute Gasteiger partial charge is 0.493 e. The molecule has 0 saturated heterocycles. The van der Waals surface area contributed by atoms with Gasteiger partial charge in [-0.1, -0.05) is 0 Å². The van der Waals surface area contributed by atoms with Crippen LogP contribution in [0.2, 0.25) is 0 Å². The molecule has 1 saturated carbocycles. The van der Waals surface area contributed by atoms with Crippen LogP contribution in [0, 0.1) is 5.92 Å². The normalized spacial score (nSPS) is 17.8. The third-order valence-electron chi connectivity index (χ3n) is 6.50. The molecule has 5 rings (SSSR count). The number of hydrogen-bond donors (Lipinski definition) is 2. The molecule has 1 amide bonds. The second-order valence-electron chi connectivity index (χ2n) is 8.56. The van der Waals surface area contributed by atoms with Gasteiger partial charge in [-0.3, -0.25) is 9.78 Å². The van der Waals surface area contributed by atoms with Gasteiger partial charge in [0.2, 0.25) is 5.91 Å². The number of methoxy groups -OCH3 is 2. The fourth-order valence-electron chi connectivity index (χ4n) is 4.61. The van der Waals surface area contributed by atoms with Crippen LogP contribution < -0.4 is 20.5 Å². The Morgan fingerprint density at radius 1 is 1.03 bits per heavy atom. The second kappa shape index (κ2) is 9.57. The molecule has 0 unspecified atom stereocenters. The Balaban J connectivity index is 1.29. The number of ether oxygens (including phenoxy) is 2. The van der Waals surface area contributed by atoms with E-state index in [-0.39, 0.29) is 17.9 Å². The number of carbonyl (C=O) groups excluding carboxylic acids is 1. The van der Waals surface area contributed by atoms with E-state index < -0.39 is 0 Å². The lowest BCUT2D eigenvalue weighted by molar-refractivity contribution is -0.120. The first kappa shape index (κ1) is 22.6. The highest BCUT2D eigenvalue weighted by Crippen LogP contribution is 2.36. The third kappa shape index (κ3) is 4.46. The molecule has 0 spiro atoms. The first-order valence-corrected chi connectivity index (χ1v) is 11.5. The van der Waals surface area contributed by atoms with Crippen molar-refractivity contribution in [3.8, 4) is 22.9 Å². The van der Waals surface area contributed by atoms with Gasteiger partial charge in [0, 0.05) is 41.7 Å². The number of hydrogen-bond acceptors (Lipinski definition) is 8. The molecule has 4 aromatic rings. The number of pyridine rings is 1. The van der Waals surface area contributed by atoms with Gasteiger partial charge in [0.1, 0.15) is 5.52 Å². The number of aromatic nitrogens is 5. The van der Waals surface area contributed by atoms with Crippen molar-refractivity contribution < 1.29 is 14.3 Å². The fourth-order valence-corrected chi connectivity index (χ4v) is 4.61. The summed E-state index contributed by atoms with van der Waals surface area (Å²) in [5.41, 5.74) is 9.03. The summed E-state index contributed by atoms with van der Waals surface area (Å²) in [6.07, 6.45) is 8.38. The van der Waals surface area contributed by atoms with Crippen molar-refractivity contribution in [1.82, 2.24) is 24.5 Å². The number of carbonyl (C=O) groups is 1. The maximum atomic E-state index is 12.9. The third-order valence-corrected chi connectivity index (χ3v) is 6.50. The van der Waals surface area contributed by atoms with Crippen molar-refractivity contribution in [1.29, 1.82) is 0 Å². The van der Waals surface area contributed by atoms with Crippen LogP contribution in [0.5, 0.6) is 11.5 Å². The number of amides is 1. The van der Waals surface area contributed by atoms with E-state index in [2.05, 4.69) is 24.8 Å². The first-order valence-electron chi connectivity index (χ1n) is 11.5. The predicted octanol–water partition coefficient (Wildman–Crippen LogP) is 3.86. The summed E-state index contributed by atoms with van der Waals surface area (Å²) in [6.45, 7) is 0. The van der Waals surface area contributed by atoms with E-state index >= 15 is 0 Å². The second-order valence-corrected chi connectivity index (χ2v) is 8.56.